The lowest BCUT2D eigenvalue weighted by Crippen LogP contribution is -2.47. The Balaban J connectivity index is 1.66. The fraction of sp³-hybridized carbons (Fsp3) is 0.364. The van der Waals surface area contributed by atoms with Crippen LogP contribution in [-0.4, -0.2) is 70.0 Å². The van der Waals surface area contributed by atoms with Gasteiger partial charge >= 0.3 is 0 Å². The molecular weight excluding hydrogens is 462 g/mol. The van der Waals surface area contributed by atoms with Crippen LogP contribution in [0.3, 0.4) is 0 Å². The van der Waals surface area contributed by atoms with E-state index < -0.39 is 57.7 Å². The maximum absolute atomic E-state index is 13.0. The van der Waals surface area contributed by atoms with Gasteiger partial charge in [-0.15, -0.1) is 0 Å². The molecule has 1 aliphatic rings. The van der Waals surface area contributed by atoms with Crippen LogP contribution in [0, 0.1) is 13.8 Å². The molecule has 4 rings (SSSR count). The van der Waals surface area contributed by atoms with Crippen LogP contribution in [0.2, 0.25) is 5.02 Å². The molecule has 1 aromatic carbocycles. The highest BCUT2D eigenvalue weighted by Gasteiger charge is 2.19. The minimum atomic E-state index is -3.41. The van der Waals surface area contributed by atoms with Gasteiger partial charge in [-0.3, -0.25) is 9.69 Å². The van der Waals surface area contributed by atoms with Crippen LogP contribution in [0.15, 0.2) is 30.5 Å². The zero-order valence-electron chi connectivity index (χ0n) is 30.0. The minimum absolute atomic E-state index is 0.00165. The van der Waals surface area contributed by atoms with Crippen molar-refractivity contribution in [2.75, 3.05) is 54.6 Å². The molecule has 0 saturated carbocycles. The Morgan fingerprint density at radius 1 is 1.36 bits per heavy atom. The standard InChI is InChI=1S/C22H26ClN7O2S/c1-14-4-3-5-16(23)20(14)28-21(32)17-13-24-22(33-17)27-18-12-19(26-15(2)25-18)30-8-6-29(7-9-30)10-11-31/h3-5,12-13,31H,6-11H2,1-2H3,(H,28,32)(H,24,25,26,27)/i1D3,6D2,7D2,8D2,9D2,11D2. The summed E-state index contributed by atoms with van der Waals surface area (Å²) in [5.41, 5.74) is -0.281. The molecule has 0 spiro atoms. The van der Waals surface area contributed by atoms with Gasteiger partial charge in [0.2, 0.25) is 0 Å². The third-order valence-electron chi connectivity index (χ3n) is 4.09. The van der Waals surface area contributed by atoms with E-state index in [9.17, 15) is 9.90 Å². The summed E-state index contributed by atoms with van der Waals surface area (Å²) in [6.07, 6.45) is 1.17. The summed E-state index contributed by atoms with van der Waals surface area (Å²) in [4.78, 5) is 25.3. The number of halogens is 1. The molecule has 1 amide bonds. The van der Waals surface area contributed by atoms with Crippen molar-refractivity contribution < 1.29 is 27.7 Å². The Bertz CT molecular complexity index is 1620. The number of thiazole rings is 1. The second-order valence-corrected chi connectivity index (χ2v) is 7.89. The highest BCUT2D eigenvalue weighted by molar-refractivity contribution is 7.17. The molecule has 9 nitrogen and oxygen atoms in total. The van der Waals surface area contributed by atoms with Crippen molar-refractivity contribution in [1.82, 2.24) is 19.9 Å². The Labute approximate surface area is 219 Å². The Morgan fingerprint density at radius 2 is 2.18 bits per heavy atom. The predicted octanol–water partition coefficient (Wildman–Crippen LogP) is 3.31. The van der Waals surface area contributed by atoms with Crippen LogP contribution >= 0.6 is 22.9 Å². The molecule has 1 aliphatic heterocycles. The van der Waals surface area contributed by atoms with Gasteiger partial charge in [-0.1, -0.05) is 35.1 Å². The highest BCUT2D eigenvalue weighted by atomic mass is 35.5. The molecule has 1 saturated heterocycles. The Hall–Kier alpha value is -2.79. The summed E-state index contributed by atoms with van der Waals surface area (Å²) in [6.45, 7) is -19.4. The number of piperazine rings is 1. The molecule has 2 aromatic heterocycles. The highest BCUT2D eigenvalue weighted by Crippen LogP contribution is 2.28. The van der Waals surface area contributed by atoms with Crippen LogP contribution in [0.25, 0.3) is 0 Å². The number of benzene rings is 1. The summed E-state index contributed by atoms with van der Waals surface area (Å²) >= 11 is 6.95. The fourth-order valence-electron chi connectivity index (χ4n) is 2.64. The van der Waals surface area contributed by atoms with Crippen LogP contribution in [0.4, 0.5) is 22.5 Å². The van der Waals surface area contributed by atoms with Gasteiger partial charge in [-0.2, -0.15) is 0 Å². The summed E-state index contributed by atoms with van der Waals surface area (Å²) < 4.78 is 106. The van der Waals surface area contributed by atoms with Gasteiger partial charge in [-0.25, -0.2) is 15.0 Å². The average molecular weight is 501 g/mol. The van der Waals surface area contributed by atoms with Crippen molar-refractivity contribution in [2.24, 2.45) is 0 Å². The van der Waals surface area contributed by atoms with E-state index in [0.29, 0.717) is 0 Å². The second kappa shape index (κ2) is 10.4. The number of hydrogen-bond donors (Lipinski definition) is 3. The molecule has 3 N–H and O–H groups in total. The van der Waals surface area contributed by atoms with Crippen molar-refractivity contribution in [2.45, 2.75) is 13.8 Å². The van der Waals surface area contributed by atoms with E-state index in [2.05, 4.69) is 25.6 Å². The number of aliphatic hydroxyl groups is 1. The normalized spacial score (nSPS) is 27.1. The number of carbonyl (C=O) groups is 1. The van der Waals surface area contributed by atoms with E-state index in [1.807, 2.05) is 0 Å². The first-order valence-electron chi connectivity index (χ1n) is 15.8. The van der Waals surface area contributed by atoms with E-state index in [4.69, 9.17) is 29.4 Å². The van der Waals surface area contributed by atoms with Gasteiger partial charge in [0.1, 0.15) is 22.3 Å². The number of β-amino-alcohol motifs (C(OH)–C–C–N with tert-alkyl or cyclic N) is 1. The maximum Gasteiger partial charge on any atom is 0.267 e. The SMILES string of the molecule is [2H]C([2H])(O)CN1C([2H])([2H])C([2H])([2H])N(c2cc(Nc3ncc(C(=O)Nc4c(Cl)cccc4C([2H])([2H])[2H])s3)nc(C)n2)C([2H])([2H])C1([2H])[2H]. The van der Waals surface area contributed by atoms with E-state index in [1.54, 1.807) is 0 Å². The number of aromatic nitrogens is 3. The largest absolute Gasteiger partial charge is 0.395 e. The molecule has 1 fully saturated rings. The third kappa shape index (κ3) is 5.77. The number of aryl methyl sites for hydroxylation is 2. The minimum Gasteiger partial charge on any atom is -0.395 e. The lowest BCUT2D eigenvalue weighted by atomic mass is 10.2. The first-order valence-corrected chi connectivity index (χ1v) is 10.5. The number of nitrogens with zero attached hydrogens (tertiary/aromatic N) is 5. The van der Waals surface area contributed by atoms with Crippen LogP contribution in [0.1, 0.15) is 38.9 Å². The van der Waals surface area contributed by atoms with Gasteiger partial charge in [0.15, 0.2) is 5.13 Å². The zero-order valence-corrected chi connectivity index (χ0v) is 18.5. The van der Waals surface area contributed by atoms with Crippen molar-refractivity contribution >= 4 is 51.3 Å². The molecule has 33 heavy (non-hydrogen) atoms. The van der Waals surface area contributed by atoms with Crippen molar-refractivity contribution in [3.63, 3.8) is 0 Å². The van der Waals surface area contributed by atoms with E-state index in [-0.39, 0.29) is 47.7 Å². The molecule has 3 heterocycles. The molecule has 0 aliphatic carbocycles. The number of para-hydroxylation sites is 1. The van der Waals surface area contributed by atoms with Crippen LogP contribution in [-0.2, 0) is 0 Å². The average Bonchev–Trinajstić information content (AvgIpc) is 3.34. The molecule has 0 radical (unpaired) electrons. The maximum atomic E-state index is 13.0. The zero-order chi connectivity index (χ0) is 34.8. The first-order chi connectivity index (χ1) is 20.8. The first kappa shape index (κ1) is 12.1. The van der Waals surface area contributed by atoms with Gasteiger partial charge in [-0.05, 0) is 25.4 Å². The van der Waals surface area contributed by atoms with Gasteiger partial charge in [0, 0.05) is 48.2 Å². The summed E-state index contributed by atoms with van der Waals surface area (Å²) in [5, 5.41) is 14.9. The number of nitrogens with one attached hydrogen (secondary N) is 2. The number of anilines is 4. The molecule has 0 bridgehead atoms. The second-order valence-electron chi connectivity index (χ2n) is 6.46. The summed E-state index contributed by atoms with van der Waals surface area (Å²) in [5.74, 6) is -1.52. The molecule has 3 aromatic rings. The third-order valence-corrected chi connectivity index (χ3v) is 5.32. The molecule has 0 atom stereocenters. The number of rotatable bonds is 7. The lowest BCUT2D eigenvalue weighted by molar-refractivity contribution is 0.103. The van der Waals surface area contributed by atoms with Crippen molar-refractivity contribution in [1.29, 1.82) is 0 Å². The lowest BCUT2D eigenvalue weighted by Gasteiger charge is -2.35. The molecular formula is C22H26ClN7O2S. The predicted molar refractivity (Wildman–Crippen MR) is 132 cm³/mol. The summed E-state index contributed by atoms with van der Waals surface area (Å²) in [7, 11) is 0. The quantitative estimate of drug-likeness (QED) is 0.453. The monoisotopic (exact) mass is 500 g/mol. The molecule has 11 heteroatoms. The Morgan fingerprint density at radius 3 is 2.94 bits per heavy atom. The van der Waals surface area contributed by atoms with Crippen LogP contribution < -0.4 is 15.5 Å². The molecule has 0 unspecified atom stereocenters. The molecule has 174 valence electrons. The fourth-order valence-corrected chi connectivity index (χ4v) is 3.58. The van der Waals surface area contributed by atoms with Crippen molar-refractivity contribution in [3.8, 4) is 0 Å². The van der Waals surface area contributed by atoms with Crippen LogP contribution in [0.5, 0.6) is 0 Å². The van der Waals surface area contributed by atoms with E-state index >= 15 is 0 Å². The topological polar surface area (TPSA) is 107 Å². The smallest absolute Gasteiger partial charge is 0.267 e. The van der Waals surface area contributed by atoms with Gasteiger partial charge in [0.25, 0.3) is 5.91 Å². The Kier molecular flexibility index (Phi) is 3.82. The van der Waals surface area contributed by atoms with Crippen molar-refractivity contribution in [3.05, 3.63) is 51.7 Å². The number of carbonyl (C=O) groups excluding carboxylic acids is 1. The van der Waals surface area contributed by atoms with Gasteiger partial charge in [0.05, 0.1) is 31.7 Å². The van der Waals surface area contributed by atoms with E-state index in [1.165, 1.54) is 31.3 Å². The summed E-state index contributed by atoms with van der Waals surface area (Å²) in [6, 6.07) is 5.15. The number of hydrogen-bond acceptors (Lipinski definition) is 9. The number of amides is 1. The van der Waals surface area contributed by atoms with E-state index in [0.717, 1.165) is 17.4 Å². The van der Waals surface area contributed by atoms with Gasteiger partial charge < -0.3 is 20.6 Å².